The van der Waals surface area contributed by atoms with Gasteiger partial charge in [-0.2, -0.15) is 0 Å². The lowest BCUT2D eigenvalue weighted by Crippen LogP contribution is -2.36. The SMILES string of the molecule is COc1cccc(F)c1-c1nccc(C(=O)Nc2ccc3c(ccn3C)c2N2CCCC2CN)n1. The molecular formula is C26H27FN6O2. The number of nitrogens with two attached hydrogens (primary N) is 1. The molecule has 1 aliphatic heterocycles. The van der Waals surface area contributed by atoms with Gasteiger partial charge in [0.25, 0.3) is 5.91 Å². The quantitative estimate of drug-likeness (QED) is 0.439. The molecule has 180 valence electrons. The van der Waals surface area contributed by atoms with Crippen LogP contribution in [0.1, 0.15) is 23.3 Å². The van der Waals surface area contributed by atoms with E-state index in [9.17, 15) is 9.18 Å². The Hall–Kier alpha value is -3.98. The largest absolute Gasteiger partial charge is 0.496 e. The summed E-state index contributed by atoms with van der Waals surface area (Å²) in [5.41, 5.74) is 9.00. The molecule has 0 saturated carbocycles. The molecule has 5 rings (SSSR count). The number of amides is 1. The van der Waals surface area contributed by atoms with E-state index in [0.717, 1.165) is 36.0 Å². The number of methoxy groups -OCH3 is 1. The third kappa shape index (κ3) is 4.08. The Bertz CT molecular complexity index is 1400. The standard InChI is InChI=1S/C26H27FN6O2/c1-32-14-11-17-21(32)9-8-19(24(17)33-13-4-5-16(33)15-28)31-26(34)20-10-12-29-25(30-20)23-18(27)6-3-7-22(23)35-2/h3,6-12,14,16H,4-5,13,15,28H2,1-2H3,(H,31,34). The number of aryl methyl sites for hydroxylation is 1. The van der Waals surface area contributed by atoms with Gasteiger partial charge in [-0.05, 0) is 49.2 Å². The summed E-state index contributed by atoms with van der Waals surface area (Å²) in [5, 5.41) is 4.07. The number of ether oxygens (including phenoxy) is 1. The molecule has 35 heavy (non-hydrogen) atoms. The Kier molecular flexibility index (Phi) is 6.08. The molecule has 0 radical (unpaired) electrons. The van der Waals surface area contributed by atoms with Crippen LogP contribution in [-0.2, 0) is 7.05 Å². The lowest BCUT2D eigenvalue weighted by molar-refractivity contribution is 0.102. The van der Waals surface area contributed by atoms with Crippen LogP contribution in [0.15, 0.2) is 54.9 Å². The molecule has 3 heterocycles. The van der Waals surface area contributed by atoms with Gasteiger partial charge in [0.2, 0.25) is 0 Å². The van der Waals surface area contributed by atoms with Gasteiger partial charge in [-0.3, -0.25) is 4.79 Å². The van der Waals surface area contributed by atoms with Crippen LogP contribution in [0.5, 0.6) is 5.75 Å². The summed E-state index contributed by atoms with van der Waals surface area (Å²) < 4.78 is 21.9. The fourth-order valence-electron chi connectivity index (χ4n) is 4.80. The van der Waals surface area contributed by atoms with Gasteiger partial charge in [-0.1, -0.05) is 6.07 Å². The molecule has 1 aliphatic rings. The molecule has 1 unspecified atom stereocenters. The van der Waals surface area contributed by atoms with Gasteiger partial charge in [0, 0.05) is 49.5 Å². The van der Waals surface area contributed by atoms with Crippen molar-refractivity contribution >= 4 is 28.2 Å². The second-order valence-corrected chi connectivity index (χ2v) is 8.58. The number of nitrogens with one attached hydrogen (secondary N) is 1. The number of fused-ring (bicyclic) bond motifs is 1. The van der Waals surface area contributed by atoms with Crippen LogP contribution in [-0.4, -0.2) is 46.7 Å². The molecule has 1 atom stereocenters. The zero-order valence-electron chi connectivity index (χ0n) is 19.7. The maximum atomic E-state index is 14.6. The van der Waals surface area contributed by atoms with Crippen molar-refractivity contribution in [2.75, 3.05) is 30.4 Å². The number of aromatic nitrogens is 3. The summed E-state index contributed by atoms with van der Waals surface area (Å²) >= 11 is 0. The van der Waals surface area contributed by atoms with E-state index in [-0.39, 0.29) is 23.1 Å². The predicted octanol–water partition coefficient (Wildman–Crippen LogP) is 3.96. The predicted molar refractivity (Wildman–Crippen MR) is 134 cm³/mol. The van der Waals surface area contributed by atoms with Crippen molar-refractivity contribution in [2.24, 2.45) is 12.8 Å². The molecule has 3 N–H and O–H groups in total. The minimum Gasteiger partial charge on any atom is -0.496 e. The first-order chi connectivity index (χ1) is 17.0. The summed E-state index contributed by atoms with van der Waals surface area (Å²) in [4.78, 5) is 24.1. The second-order valence-electron chi connectivity index (χ2n) is 8.58. The topological polar surface area (TPSA) is 98.3 Å². The molecule has 0 spiro atoms. The Balaban J connectivity index is 1.53. The Morgan fingerprint density at radius 3 is 2.91 bits per heavy atom. The number of rotatable bonds is 6. The van der Waals surface area contributed by atoms with Gasteiger partial charge in [0.05, 0.1) is 24.0 Å². The monoisotopic (exact) mass is 474 g/mol. The Morgan fingerprint density at radius 1 is 1.26 bits per heavy atom. The molecule has 1 fully saturated rings. The lowest BCUT2D eigenvalue weighted by Gasteiger charge is -2.29. The van der Waals surface area contributed by atoms with Gasteiger partial charge >= 0.3 is 0 Å². The molecule has 8 nitrogen and oxygen atoms in total. The average molecular weight is 475 g/mol. The van der Waals surface area contributed by atoms with Crippen molar-refractivity contribution in [3.63, 3.8) is 0 Å². The van der Waals surface area contributed by atoms with Crippen molar-refractivity contribution in [3.8, 4) is 17.1 Å². The van der Waals surface area contributed by atoms with Crippen LogP contribution in [0.25, 0.3) is 22.3 Å². The highest BCUT2D eigenvalue weighted by Gasteiger charge is 2.28. The van der Waals surface area contributed by atoms with E-state index in [4.69, 9.17) is 10.5 Å². The zero-order chi connectivity index (χ0) is 24.5. The molecule has 2 aromatic carbocycles. The molecule has 1 amide bonds. The van der Waals surface area contributed by atoms with E-state index in [1.165, 1.54) is 25.4 Å². The van der Waals surface area contributed by atoms with Crippen molar-refractivity contribution in [1.29, 1.82) is 0 Å². The maximum Gasteiger partial charge on any atom is 0.274 e. The number of nitrogens with zero attached hydrogens (tertiary/aromatic N) is 4. The number of hydrogen-bond donors (Lipinski definition) is 2. The van der Waals surface area contributed by atoms with Crippen LogP contribution in [0, 0.1) is 5.82 Å². The van der Waals surface area contributed by atoms with E-state index in [1.807, 2.05) is 25.4 Å². The summed E-state index contributed by atoms with van der Waals surface area (Å²) in [7, 11) is 3.44. The average Bonchev–Trinajstić information content (AvgIpc) is 3.50. The number of anilines is 2. The normalized spacial score (nSPS) is 15.5. The minimum atomic E-state index is -0.527. The summed E-state index contributed by atoms with van der Waals surface area (Å²) in [6.45, 7) is 1.40. The van der Waals surface area contributed by atoms with Crippen molar-refractivity contribution < 1.29 is 13.9 Å². The highest BCUT2D eigenvalue weighted by atomic mass is 19.1. The van der Waals surface area contributed by atoms with Gasteiger partial charge in [0.15, 0.2) is 5.82 Å². The number of carbonyl (C=O) groups is 1. The lowest BCUT2D eigenvalue weighted by atomic mass is 10.1. The number of benzene rings is 2. The van der Waals surface area contributed by atoms with E-state index in [2.05, 4.69) is 30.8 Å². The van der Waals surface area contributed by atoms with Gasteiger partial charge in [-0.15, -0.1) is 0 Å². The smallest absolute Gasteiger partial charge is 0.274 e. The summed E-state index contributed by atoms with van der Waals surface area (Å²) in [5.74, 6) is -0.570. The fourth-order valence-corrected chi connectivity index (χ4v) is 4.80. The highest BCUT2D eigenvalue weighted by molar-refractivity contribution is 6.09. The molecule has 1 saturated heterocycles. The number of halogens is 1. The molecule has 4 aromatic rings. The van der Waals surface area contributed by atoms with E-state index < -0.39 is 11.7 Å². The Labute approximate surface area is 202 Å². The second kappa shape index (κ2) is 9.34. The van der Waals surface area contributed by atoms with Crippen LogP contribution < -0.4 is 20.7 Å². The number of hydrogen-bond acceptors (Lipinski definition) is 6. The molecule has 0 bridgehead atoms. The van der Waals surface area contributed by atoms with Crippen molar-refractivity contribution in [2.45, 2.75) is 18.9 Å². The van der Waals surface area contributed by atoms with E-state index in [0.29, 0.717) is 18.0 Å². The minimum absolute atomic E-state index is 0.0778. The van der Waals surface area contributed by atoms with Gasteiger partial charge < -0.3 is 25.3 Å². The van der Waals surface area contributed by atoms with Crippen molar-refractivity contribution in [3.05, 3.63) is 66.4 Å². The van der Waals surface area contributed by atoms with Crippen molar-refractivity contribution in [1.82, 2.24) is 14.5 Å². The van der Waals surface area contributed by atoms with Crippen LogP contribution in [0.4, 0.5) is 15.8 Å². The summed E-state index contributed by atoms with van der Waals surface area (Å²) in [6.07, 6.45) is 5.49. The first-order valence-corrected chi connectivity index (χ1v) is 11.5. The third-order valence-corrected chi connectivity index (χ3v) is 6.53. The van der Waals surface area contributed by atoms with E-state index in [1.54, 1.807) is 12.1 Å². The van der Waals surface area contributed by atoms with Gasteiger partial charge in [0.1, 0.15) is 17.3 Å². The Morgan fingerprint density at radius 2 is 2.11 bits per heavy atom. The molecule has 0 aliphatic carbocycles. The fraction of sp³-hybridized carbons (Fsp3) is 0.269. The van der Waals surface area contributed by atoms with Gasteiger partial charge in [-0.25, -0.2) is 14.4 Å². The first kappa shape index (κ1) is 22.8. The number of carbonyl (C=O) groups excluding carboxylic acids is 1. The third-order valence-electron chi connectivity index (χ3n) is 6.53. The molecule has 9 heteroatoms. The summed E-state index contributed by atoms with van der Waals surface area (Å²) in [6, 6.07) is 12.1. The first-order valence-electron chi connectivity index (χ1n) is 11.5. The molecule has 2 aromatic heterocycles. The van der Waals surface area contributed by atoms with Crippen LogP contribution in [0.2, 0.25) is 0 Å². The van der Waals surface area contributed by atoms with E-state index >= 15 is 0 Å². The zero-order valence-corrected chi connectivity index (χ0v) is 19.7. The van der Waals surface area contributed by atoms with Crippen LogP contribution in [0.3, 0.4) is 0 Å². The van der Waals surface area contributed by atoms with Crippen LogP contribution >= 0.6 is 0 Å². The maximum absolute atomic E-state index is 14.6. The molecular weight excluding hydrogens is 447 g/mol. The highest BCUT2D eigenvalue weighted by Crippen LogP contribution is 2.39.